The molecule has 0 fully saturated rings. The molecule has 1 aromatic carbocycles. The van der Waals surface area contributed by atoms with Crippen molar-refractivity contribution in [2.75, 3.05) is 0 Å². The van der Waals surface area contributed by atoms with E-state index in [0.717, 1.165) is 6.07 Å². The van der Waals surface area contributed by atoms with E-state index >= 15 is 0 Å². The third kappa shape index (κ3) is 2.56. The summed E-state index contributed by atoms with van der Waals surface area (Å²) in [4.78, 5) is 3.78. The predicted molar refractivity (Wildman–Crippen MR) is 66.3 cm³/mol. The summed E-state index contributed by atoms with van der Waals surface area (Å²) in [5, 5.41) is -0.189. The second kappa shape index (κ2) is 4.86. The predicted octanol–water partition coefficient (Wildman–Crippen LogP) is 2.50. The van der Waals surface area contributed by atoms with Crippen LogP contribution in [0.1, 0.15) is 11.1 Å². The van der Waals surface area contributed by atoms with Crippen LogP contribution in [0.5, 0.6) is 0 Å². The molecule has 3 nitrogen and oxygen atoms in total. The van der Waals surface area contributed by atoms with E-state index in [0.29, 0.717) is 5.56 Å². The molecule has 0 spiro atoms. The lowest BCUT2D eigenvalue weighted by Crippen LogP contribution is -2.10. The van der Waals surface area contributed by atoms with Crippen molar-refractivity contribution in [2.45, 2.75) is 17.7 Å². The molecule has 18 heavy (non-hydrogen) atoms. The summed E-state index contributed by atoms with van der Waals surface area (Å²) in [6.45, 7) is 1.42. The highest BCUT2D eigenvalue weighted by Gasteiger charge is 2.21. The molecule has 2 aromatic rings. The summed E-state index contributed by atoms with van der Waals surface area (Å²) in [5.41, 5.74) is 0.719. The zero-order valence-electron chi connectivity index (χ0n) is 9.80. The third-order valence-electron chi connectivity index (χ3n) is 2.59. The highest BCUT2D eigenvalue weighted by atomic mass is 32.2. The first-order valence-corrected chi connectivity index (χ1v) is 7.04. The van der Waals surface area contributed by atoms with E-state index in [9.17, 15) is 12.8 Å². The Balaban J connectivity index is 2.41. The molecule has 2 rings (SSSR count). The number of hydrogen-bond donors (Lipinski definition) is 0. The number of rotatable bonds is 3. The molecule has 1 aromatic heterocycles. The van der Waals surface area contributed by atoms with Crippen LogP contribution in [0, 0.1) is 12.7 Å². The van der Waals surface area contributed by atoms with Gasteiger partial charge in [-0.15, -0.1) is 0 Å². The monoisotopic (exact) mass is 265 g/mol. The molecule has 0 aliphatic carbocycles. The Hall–Kier alpha value is -1.75. The van der Waals surface area contributed by atoms with E-state index in [1.807, 2.05) is 6.07 Å². The minimum Gasteiger partial charge on any atom is -0.244 e. The second-order valence-corrected chi connectivity index (χ2v) is 5.87. The standard InChI is InChI=1S/C13H12FNO2S/c1-10-12(14)7-8-15-13(10)18(16,17)9-11-5-3-2-4-6-11/h2-8H,9H2,1H3. The highest BCUT2D eigenvalue weighted by Crippen LogP contribution is 2.19. The van der Waals surface area contributed by atoms with Crippen molar-refractivity contribution in [3.8, 4) is 0 Å². The number of sulfone groups is 1. The maximum Gasteiger partial charge on any atom is 0.200 e. The number of nitrogens with zero attached hydrogens (tertiary/aromatic N) is 1. The smallest absolute Gasteiger partial charge is 0.200 e. The molecule has 0 N–H and O–H groups in total. The number of halogens is 1. The third-order valence-corrected chi connectivity index (χ3v) is 4.30. The molecular weight excluding hydrogens is 253 g/mol. The minimum absolute atomic E-state index is 0.0634. The highest BCUT2D eigenvalue weighted by molar-refractivity contribution is 7.90. The molecule has 0 saturated carbocycles. The molecule has 0 aliphatic heterocycles. The van der Waals surface area contributed by atoms with Crippen LogP contribution >= 0.6 is 0 Å². The Morgan fingerprint density at radius 2 is 1.83 bits per heavy atom. The normalized spacial score (nSPS) is 11.4. The van der Waals surface area contributed by atoms with Crippen molar-refractivity contribution in [2.24, 2.45) is 0 Å². The number of hydrogen-bond acceptors (Lipinski definition) is 3. The van der Waals surface area contributed by atoms with Crippen molar-refractivity contribution in [1.82, 2.24) is 4.98 Å². The van der Waals surface area contributed by atoms with Crippen molar-refractivity contribution < 1.29 is 12.8 Å². The number of benzene rings is 1. The van der Waals surface area contributed by atoms with Crippen LogP contribution in [0.4, 0.5) is 4.39 Å². The Morgan fingerprint density at radius 1 is 1.17 bits per heavy atom. The average Bonchev–Trinajstić information content (AvgIpc) is 2.33. The lowest BCUT2D eigenvalue weighted by Gasteiger charge is -2.07. The average molecular weight is 265 g/mol. The zero-order chi connectivity index (χ0) is 13.2. The summed E-state index contributed by atoms with van der Waals surface area (Å²) >= 11 is 0. The van der Waals surface area contributed by atoms with Crippen molar-refractivity contribution >= 4 is 9.84 Å². The van der Waals surface area contributed by atoms with E-state index in [1.54, 1.807) is 24.3 Å². The van der Waals surface area contributed by atoms with E-state index < -0.39 is 15.7 Å². The summed E-state index contributed by atoms with van der Waals surface area (Å²) in [7, 11) is -3.62. The Bertz CT molecular complexity index is 654. The minimum atomic E-state index is -3.62. The Labute approximate surface area is 105 Å². The molecule has 94 valence electrons. The fraction of sp³-hybridized carbons (Fsp3) is 0.154. The first kappa shape index (κ1) is 12.7. The quantitative estimate of drug-likeness (QED) is 0.856. The van der Waals surface area contributed by atoms with Crippen molar-refractivity contribution in [1.29, 1.82) is 0 Å². The summed E-state index contributed by atoms with van der Waals surface area (Å²) in [5.74, 6) is -0.734. The lowest BCUT2D eigenvalue weighted by atomic mass is 10.2. The van der Waals surface area contributed by atoms with Crippen LogP contribution in [0.2, 0.25) is 0 Å². The number of aromatic nitrogens is 1. The molecule has 0 aliphatic rings. The lowest BCUT2D eigenvalue weighted by molar-refractivity contribution is 0.578. The molecule has 1 heterocycles. The van der Waals surface area contributed by atoms with Gasteiger partial charge in [-0.25, -0.2) is 17.8 Å². The van der Waals surface area contributed by atoms with Gasteiger partial charge in [0.2, 0.25) is 0 Å². The van der Waals surface area contributed by atoms with E-state index in [2.05, 4.69) is 4.98 Å². The molecule has 0 atom stereocenters. The molecule has 5 heteroatoms. The Morgan fingerprint density at radius 3 is 2.50 bits per heavy atom. The number of pyridine rings is 1. The van der Waals surface area contributed by atoms with Crippen LogP contribution in [0.3, 0.4) is 0 Å². The second-order valence-electron chi connectivity index (χ2n) is 3.97. The van der Waals surface area contributed by atoms with Crippen LogP contribution in [0.25, 0.3) is 0 Å². The van der Waals surface area contributed by atoms with Crippen LogP contribution in [-0.2, 0) is 15.6 Å². The Kier molecular flexibility index (Phi) is 3.43. The molecule has 0 saturated heterocycles. The van der Waals surface area contributed by atoms with Gasteiger partial charge in [-0.3, -0.25) is 0 Å². The summed E-state index contributed by atoms with van der Waals surface area (Å²) in [6.07, 6.45) is 1.17. The van der Waals surface area contributed by atoms with Gasteiger partial charge in [0.15, 0.2) is 14.9 Å². The van der Waals surface area contributed by atoms with Crippen molar-refractivity contribution in [3.05, 3.63) is 59.5 Å². The molecule has 0 bridgehead atoms. The SMILES string of the molecule is Cc1c(F)ccnc1S(=O)(=O)Cc1ccccc1. The first-order valence-electron chi connectivity index (χ1n) is 5.38. The molecule has 0 radical (unpaired) electrons. The summed E-state index contributed by atoms with van der Waals surface area (Å²) in [6, 6.07) is 9.91. The fourth-order valence-electron chi connectivity index (χ4n) is 1.67. The van der Waals surface area contributed by atoms with Gasteiger partial charge in [0.1, 0.15) is 5.82 Å². The van der Waals surface area contributed by atoms with Crippen molar-refractivity contribution in [3.63, 3.8) is 0 Å². The summed E-state index contributed by atoms with van der Waals surface area (Å²) < 4.78 is 37.6. The van der Waals surface area contributed by atoms with Gasteiger partial charge in [0, 0.05) is 11.8 Å². The van der Waals surface area contributed by atoms with Gasteiger partial charge in [-0.1, -0.05) is 30.3 Å². The maximum absolute atomic E-state index is 13.3. The van der Waals surface area contributed by atoms with Gasteiger partial charge in [0.25, 0.3) is 0 Å². The van der Waals surface area contributed by atoms with Gasteiger partial charge in [-0.2, -0.15) is 0 Å². The van der Waals surface area contributed by atoms with Crippen LogP contribution in [-0.4, -0.2) is 13.4 Å². The van der Waals surface area contributed by atoms with E-state index in [4.69, 9.17) is 0 Å². The zero-order valence-corrected chi connectivity index (χ0v) is 10.6. The van der Waals surface area contributed by atoms with E-state index in [1.165, 1.54) is 13.1 Å². The van der Waals surface area contributed by atoms with Gasteiger partial charge >= 0.3 is 0 Å². The van der Waals surface area contributed by atoms with Gasteiger partial charge < -0.3 is 0 Å². The maximum atomic E-state index is 13.3. The van der Waals surface area contributed by atoms with Gasteiger partial charge in [-0.05, 0) is 18.6 Å². The molecular formula is C13H12FNO2S. The largest absolute Gasteiger partial charge is 0.244 e. The van der Waals surface area contributed by atoms with Crippen LogP contribution in [0.15, 0.2) is 47.6 Å². The van der Waals surface area contributed by atoms with Gasteiger partial charge in [0.05, 0.1) is 5.75 Å². The van der Waals surface area contributed by atoms with Crippen LogP contribution < -0.4 is 0 Å². The first-order chi connectivity index (χ1) is 8.50. The topological polar surface area (TPSA) is 47.0 Å². The fourth-order valence-corrected chi connectivity index (χ4v) is 3.22. The van der Waals surface area contributed by atoms with E-state index in [-0.39, 0.29) is 16.3 Å². The molecule has 0 unspecified atom stereocenters. The molecule has 0 amide bonds.